The topological polar surface area (TPSA) is 75.4 Å². The molecule has 3 aromatic rings. The Morgan fingerprint density at radius 3 is 3.12 bits per heavy atom. The molecule has 134 valence electrons. The van der Waals surface area contributed by atoms with Gasteiger partial charge in [-0.25, -0.2) is 0 Å². The Kier molecular flexibility index (Phi) is 4.71. The monoisotopic (exact) mass is 368 g/mol. The molecule has 0 saturated heterocycles. The Bertz CT molecular complexity index is 950. The number of nitrogens with two attached hydrogens (primary N) is 1. The fraction of sp³-hybridized carbons (Fsp3) is 0.250. The van der Waals surface area contributed by atoms with E-state index in [4.69, 9.17) is 22.1 Å². The number of hydrogen-bond acceptors (Lipinski definition) is 2. The minimum atomic E-state index is 0.135. The van der Waals surface area contributed by atoms with Gasteiger partial charge in [0.2, 0.25) is 0 Å². The number of benzene rings is 2. The summed E-state index contributed by atoms with van der Waals surface area (Å²) in [5.41, 5.74) is 9.51. The first-order chi connectivity index (χ1) is 12.7. The highest BCUT2D eigenvalue weighted by Gasteiger charge is 2.21. The van der Waals surface area contributed by atoms with Crippen molar-refractivity contribution < 1.29 is 4.74 Å². The molecule has 0 bridgehead atoms. The fourth-order valence-electron chi connectivity index (χ4n) is 3.37. The average Bonchev–Trinajstić information content (AvgIpc) is 3.04. The van der Waals surface area contributed by atoms with Crippen LogP contribution in [0.5, 0.6) is 5.75 Å². The van der Waals surface area contributed by atoms with Gasteiger partial charge in [-0.3, -0.25) is 4.99 Å². The van der Waals surface area contributed by atoms with Crippen molar-refractivity contribution in [2.24, 2.45) is 10.7 Å². The second kappa shape index (κ2) is 7.30. The van der Waals surface area contributed by atoms with Gasteiger partial charge in [-0.2, -0.15) is 0 Å². The van der Waals surface area contributed by atoms with Crippen LogP contribution in [0.2, 0.25) is 5.02 Å². The van der Waals surface area contributed by atoms with Crippen LogP contribution < -0.4 is 15.8 Å². The summed E-state index contributed by atoms with van der Waals surface area (Å²) >= 11 is 6.10. The normalized spacial score (nSPS) is 17.0. The maximum atomic E-state index is 6.11. The largest absolute Gasteiger partial charge is 0.493 e. The summed E-state index contributed by atoms with van der Waals surface area (Å²) in [5.74, 6) is 1.38. The van der Waals surface area contributed by atoms with Crippen LogP contribution in [0, 0.1) is 0 Å². The summed E-state index contributed by atoms with van der Waals surface area (Å²) in [7, 11) is 0. The highest BCUT2D eigenvalue weighted by molar-refractivity contribution is 6.31. The molecule has 1 atom stereocenters. The number of H-pyrrole nitrogens is 1. The molecule has 0 amide bonds. The molecule has 2 heterocycles. The predicted molar refractivity (Wildman–Crippen MR) is 106 cm³/mol. The maximum Gasteiger partial charge on any atom is 0.189 e. The number of halogens is 1. The van der Waals surface area contributed by atoms with Crippen molar-refractivity contribution >= 4 is 28.5 Å². The van der Waals surface area contributed by atoms with E-state index in [9.17, 15) is 0 Å². The van der Waals surface area contributed by atoms with E-state index in [1.165, 1.54) is 5.56 Å². The van der Waals surface area contributed by atoms with Crippen molar-refractivity contribution in [1.29, 1.82) is 0 Å². The zero-order valence-corrected chi connectivity index (χ0v) is 15.1. The molecule has 0 fully saturated rings. The molecular weight excluding hydrogens is 348 g/mol. The summed E-state index contributed by atoms with van der Waals surface area (Å²) in [5, 5.41) is 5.19. The summed E-state index contributed by atoms with van der Waals surface area (Å²) in [6.45, 7) is 1.29. The molecular formula is C20H21ClN4O. The Balaban J connectivity index is 1.40. The van der Waals surface area contributed by atoms with Crippen molar-refractivity contribution in [2.75, 3.05) is 13.2 Å². The minimum Gasteiger partial charge on any atom is -0.493 e. The Hall–Kier alpha value is -2.66. The number of aromatic nitrogens is 1. The van der Waals surface area contributed by atoms with Gasteiger partial charge in [-0.1, -0.05) is 29.8 Å². The first-order valence-electron chi connectivity index (χ1n) is 8.74. The summed E-state index contributed by atoms with van der Waals surface area (Å²) < 4.78 is 5.68. The smallest absolute Gasteiger partial charge is 0.189 e. The molecule has 26 heavy (non-hydrogen) atoms. The number of hydrogen-bond donors (Lipinski definition) is 3. The van der Waals surface area contributed by atoms with Crippen LogP contribution in [0.25, 0.3) is 10.9 Å². The van der Waals surface area contributed by atoms with Gasteiger partial charge in [-0.05, 0) is 36.2 Å². The molecule has 4 rings (SSSR count). The van der Waals surface area contributed by atoms with Crippen molar-refractivity contribution in [3.63, 3.8) is 0 Å². The number of nitrogens with one attached hydrogen (secondary N) is 2. The van der Waals surface area contributed by atoms with Crippen LogP contribution in [0.3, 0.4) is 0 Å². The van der Waals surface area contributed by atoms with Crippen molar-refractivity contribution in [1.82, 2.24) is 10.3 Å². The second-order valence-corrected chi connectivity index (χ2v) is 6.83. The lowest BCUT2D eigenvalue weighted by Crippen LogP contribution is -2.37. The molecule has 0 radical (unpaired) electrons. The van der Waals surface area contributed by atoms with Crippen molar-refractivity contribution in [2.45, 2.75) is 18.9 Å². The third-order valence-corrected chi connectivity index (χ3v) is 4.91. The van der Waals surface area contributed by atoms with E-state index in [-0.39, 0.29) is 6.04 Å². The Labute approximate surface area is 157 Å². The van der Waals surface area contributed by atoms with Gasteiger partial charge < -0.3 is 20.8 Å². The van der Waals surface area contributed by atoms with Gasteiger partial charge >= 0.3 is 0 Å². The van der Waals surface area contributed by atoms with Crippen LogP contribution >= 0.6 is 11.6 Å². The molecule has 1 aliphatic rings. The lowest BCUT2D eigenvalue weighted by Gasteiger charge is -2.26. The van der Waals surface area contributed by atoms with Gasteiger partial charge in [0.25, 0.3) is 0 Å². The van der Waals surface area contributed by atoms with Crippen molar-refractivity contribution in [3.8, 4) is 5.75 Å². The number of ether oxygens (including phenoxy) is 1. The lowest BCUT2D eigenvalue weighted by molar-refractivity contribution is 0.262. The zero-order valence-electron chi connectivity index (χ0n) is 14.3. The molecule has 6 heteroatoms. The number of fused-ring (bicyclic) bond motifs is 2. The lowest BCUT2D eigenvalue weighted by atomic mass is 10.0. The van der Waals surface area contributed by atoms with E-state index in [0.717, 1.165) is 40.1 Å². The number of aliphatic imine (C=N–C) groups is 1. The SMILES string of the molecule is NC(=NCCc1c[nH]c2ccc(Cl)cc12)NC1CCOc2ccccc21. The number of guanidine groups is 1. The number of rotatable bonds is 4. The van der Waals surface area contributed by atoms with E-state index in [1.807, 2.05) is 42.6 Å². The summed E-state index contributed by atoms with van der Waals surface area (Å²) in [4.78, 5) is 7.75. The molecule has 0 spiro atoms. The van der Waals surface area contributed by atoms with Gasteiger partial charge in [0, 0.05) is 40.7 Å². The molecule has 4 N–H and O–H groups in total. The number of nitrogens with zero attached hydrogens (tertiary/aromatic N) is 1. The third kappa shape index (κ3) is 3.48. The zero-order chi connectivity index (χ0) is 17.9. The quantitative estimate of drug-likeness (QED) is 0.484. The Morgan fingerprint density at radius 1 is 1.31 bits per heavy atom. The van der Waals surface area contributed by atoms with E-state index >= 15 is 0 Å². The standard InChI is InChI=1S/C20H21ClN4O/c21-14-5-6-17-16(11-14)13(12-24-17)7-9-23-20(22)25-18-8-10-26-19-4-2-1-3-15(18)19/h1-6,11-12,18,24H,7-10H2,(H3,22,23,25). The van der Waals surface area contributed by atoms with Crippen molar-refractivity contribution in [3.05, 3.63) is 64.8 Å². The van der Waals surface area contributed by atoms with Crippen LogP contribution in [-0.2, 0) is 6.42 Å². The molecule has 0 saturated carbocycles. The second-order valence-electron chi connectivity index (χ2n) is 6.39. The fourth-order valence-corrected chi connectivity index (χ4v) is 3.54. The molecule has 5 nitrogen and oxygen atoms in total. The van der Waals surface area contributed by atoms with E-state index in [1.54, 1.807) is 0 Å². The van der Waals surface area contributed by atoms with Crippen LogP contribution in [0.15, 0.2) is 53.7 Å². The predicted octanol–water partition coefficient (Wildman–Crippen LogP) is 3.79. The van der Waals surface area contributed by atoms with Gasteiger partial charge in [-0.15, -0.1) is 0 Å². The summed E-state index contributed by atoms with van der Waals surface area (Å²) in [6, 6.07) is 14.0. The summed E-state index contributed by atoms with van der Waals surface area (Å²) in [6.07, 6.45) is 3.68. The van der Waals surface area contributed by atoms with Crippen LogP contribution in [0.1, 0.15) is 23.6 Å². The van der Waals surface area contributed by atoms with Crippen LogP contribution in [0.4, 0.5) is 0 Å². The number of aromatic amines is 1. The minimum absolute atomic E-state index is 0.135. The molecule has 2 aromatic carbocycles. The molecule has 1 aliphatic heterocycles. The average molecular weight is 369 g/mol. The number of para-hydroxylation sites is 1. The Morgan fingerprint density at radius 2 is 2.19 bits per heavy atom. The maximum absolute atomic E-state index is 6.11. The van der Waals surface area contributed by atoms with Crippen LogP contribution in [-0.4, -0.2) is 24.1 Å². The van der Waals surface area contributed by atoms with Gasteiger partial charge in [0.15, 0.2) is 5.96 Å². The van der Waals surface area contributed by atoms with E-state index in [0.29, 0.717) is 19.1 Å². The van der Waals surface area contributed by atoms with E-state index < -0.39 is 0 Å². The van der Waals surface area contributed by atoms with Gasteiger partial charge in [0.1, 0.15) is 5.75 Å². The highest BCUT2D eigenvalue weighted by Crippen LogP contribution is 2.31. The first kappa shape index (κ1) is 16.8. The van der Waals surface area contributed by atoms with E-state index in [2.05, 4.69) is 21.4 Å². The third-order valence-electron chi connectivity index (χ3n) is 4.67. The molecule has 1 aromatic heterocycles. The van der Waals surface area contributed by atoms with Gasteiger partial charge in [0.05, 0.1) is 12.6 Å². The molecule has 0 aliphatic carbocycles. The molecule has 1 unspecified atom stereocenters. The highest BCUT2D eigenvalue weighted by atomic mass is 35.5. The first-order valence-corrected chi connectivity index (χ1v) is 9.12.